The maximum absolute atomic E-state index is 13.5. The van der Waals surface area contributed by atoms with E-state index in [1.165, 1.54) is 31.4 Å². The van der Waals surface area contributed by atoms with E-state index in [0.29, 0.717) is 37.6 Å². The number of hydrogen-bond acceptors (Lipinski definition) is 8. The first-order valence-corrected chi connectivity index (χ1v) is 14.0. The number of carbonyl (C=O) groups is 3. The normalized spacial score (nSPS) is 24.5. The van der Waals surface area contributed by atoms with Crippen LogP contribution in [0.2, 0.25) is 5.15 Å². The zero-order valence-electron chi connectivity index (χ0n) is 22.2. The highest BCUT2D eigenvalue weighted by molar-refractivity contribution is 7.19. The monoisotopic (exact) mass is 628 g/mol. The van der Waals surface area contributed by atoms with Crippen LogP contribution in [0.3, 0.4) is 0 Å². The molecule has 0 aromatic carbocycles. The molecule has 1 N–H and O–H groups in total. The lowest BCUT2D eigenvalue weighted by Crippen LogP contribution is -2.45. The van der Waals surface area contributed by atoms with Gasteiger partial charge in [-0.25, -0.2) is 18.6 Å². The lowest BCUT2D eigenvalue weighted by Gasteiger charge is -2.36. The Morgan fingerprint density at radius 1 is 1.24 bits per heavy atom. The minimum atomic E-state index is -5.33. The number of nitrogens with zero attached hydrogens (tertiary/aromatic N) is 3. The van der Waals surface area contributed by atoms with E-state index in [-0.39, 0.29) is 24.5 Å². The number of amides is 2. The number of thiophene rings is 1. The maximum Gasteiger partial charge on any atom is 0.490 e. The van der Waals surface area contributed by atoms with Gasteiger partial charge in [-0.3, -0.25) is 19.5 Å². The number of rotatable bonds is 6. The van der Waals surface area contributed by atoms with Gasteiger partial charge < -0.3 is 10.1 Å². The van der Waals surface area contributed by atoms with Crippen molar-refractivity contribution in [2.75, 3.05) is 5.32 Å². The predicted octanol–water partition coefficient (Wildman–Crippen LogP) is 5.90. The molecule has 1 saturated heterocycles. The van der Waals surface area contributed by atoms with Gasteiger partial charge in [0.15, 0.2) is 0 Å². The molecule has 3 fully saturated rings. The van der Waals surface area contributed by atoms with Gasteiger partial charge in [-0.05, 0) is 30.7 Å². The summed E-state index contributed by atoms with van der Waals surface area (Å²) in [6.07, 6.45) is -4.46. The average Bonchev–Trinajstić information content (AvgIpc) is 3.10. The third-order valence-electron chi connectivity index (χ3n) is 8.22. The Morgan fingerprint density at radius 2 is 1.93 bits per heavy atom. The van der Waals surface area contributed by atoms with Crippen LogP contribution in [-0.4, -0.2) is 56.4 Å². The molecule has 0 spiro atoms. The zero-order valence-corrected chi connectivity index (χ0v) is 23.8. The molecule has 222 valence electrons. The summed E-state index contributed by atoms with van der Waals surface area (Å²) in [4.78, 5) is 48.2. The minimum absolute atomic E-state index is 0.183. The van der Waals surface area contributed by atoms with Gasteiger partial charge in [-0.1, -0.05) is 25.4 Å². The van der Waals surface area contributed by atoms with Crippen LogP contribution in [0.25, 0.3) is 21.5 Å². The molecule has 0 bridgehead atoms. The summed E-state index contributed by atoms with van der Waals surface area (Å²) in [6, 6.07) is 4.46. The van der Waals surface area contributed by atoms with E-state index in [9.17, 15) is 36.3 Å². The lowest BCUT2D eigenvalue weighted by atomic mass is 9.87. The van der Waals surface area contributed by atoms with Gasteiger partial charge in [0.25, 0.3) is 11.8 Å². The molecule has 2 atom stereocenters. The van der Waals surface area contributed by atoms with Crippen molar-refractivity contribution in [1.82, 2.24) is 14.9 Å². The Balaban J connectivity index is 1.32. The molecule has 42 heavy (non-hydrogen) atoms. The van der Waals surface area contributed by atoms with Gasteiger partial charge in [0, 0.05) is 40.9 Å². The Morgan fingerprint density at radius 3 is 2.57 bits per heavy atom. The number of anilines is 1. The van der Waals surface area contributed by atoms with Gasteiger partial charge >= 0.3 is 12.1 Å². The fourth-order valence-corrected chi connectivity index (χ4v) is 7.40. The van der Waals surface area contributed by atoms with Crippen molar-refractivity contribution in [3.63, 3.8) is 0 Å². The molecule has 8 nitrogen and oxygen atoms in total. The number of esters is 1. The number of likely N-dealkylation sites (tertiary alicyclic amines) is 1. The number of aromatic nitrogens is 2. The van der Waals surface area contributed by atoms with Crippen molar-refractivity contribution < 1.29 is 41.1 Å². The number of fused-ring (bicyclic) bond motifs is 2. The van der Waals surface area contributed by atoms with Crippen LogP contribution in [-0.2, 0) is 25.7 Å². The maximum atomic E-state index is 13.5. The topological polar surface area (TPSA) is 101 Å². The third kappa shape index (κ3) is 4.24. The summed E-state index contributed by atoms with van der Waals surface area (Å²) in [5.41, 5.74) is -0.830. The summed E-state index contributed by atoms with van der Waals surface area (Å²) < 4.78 is 71.2. The quantitative estimate of drug-likeness (QED) is 0.157. The zero-order chi connectivity index (χ0) is 30.6. The molecular weight excluding hydrogens is 607 g/mol. The molecule has 2 aliphatic carbocycles. The molecular formula is C27H22ClF5N4O4S. The predicted molar refractivity (Wildman–Crippen MR) is 142 cm³/mol. The standard InChI is InChI=1S/C27H22ClF5N4O4S/c1-11-6-16(28)36-18(17(11)35-12-8-25(29,30)9-12)14-4-5-34-15-7-13(42-19(14)15)10-37-21(38)20-24(2,3)26(20,22(37)39)41-23(40)27(31,32)33/h4-7,12,20,35H,8-10H2,1-3H3. The lowest BCUT2D eigenvalue weighted by molar-refractivity contribution is -0.209. The molecule has 2 unspecified atom stereocenters. The van der Waals surface area contributed by atoms with E-state index < -0.39 is 52.9 Å². The van der Waals surface area contributed by atoms with Gasteiger partial charge in [0.2, 0.25) is 11.5 Å². The average molecular weight is 629 g/mol. The van der Waals surface area contributed by atoms with Crippen LogP contribution in [0.15, 0.2) is 24.4 Å². The number of carbonyl (C=O) groups excluding carboxylic acids is 3. The smallest absolute Gasteiger partial charge is 0.441 e. The van der Waals surface area contributed by atoms with Crippen molar-refractivity contribution in [1.29, 1.82) is 0 Å². The first-order valence-electron chi connectivity index (χ1n) is 12.8. The highest BCUT2D eigenvalue weighted by Crippen LogP contribution is 2.69. The van der Waals surface area contributed by atoms with Crippen LogP contribution < -0.4 is 5.32 Å². The second-order valence-electron chi connectivity index (χ2n) is 11.4. The van der Waals surface area contributed by atoms with Gasteiger partial charge in [0.1, 0.15) is 5.15 Å². The van der Waals surface area contributed by atoms with Crippen molar-refractivity contribution in [3.8, 4) is 11.3 Å². The van der Waals surface area contributed by atoms with Crippen molar-refractivity contribution in [3.05, 3.63) is 40.0 Å². The molecule has 2 amide bonds. The number of ether oxygens (including phenoxy) is 1. The Bertz CT molecular complexity index is 1680. The molecule has 2 saturated carbocycles. The fourth-order valence-electron chi connectivity index (χ4n) is 6.03. The Kier molecular flexibility index (Phi) is 6.19. The second kappa shape index (κ2) is 9.06. The fraction of sp³-hybridized carbons (Fsp3) is 0.444. The number of halogens is 6. The molecule has 3 aromatic heterocycles. The van der Waals surface area contributed by atoms with Crippen LogP contribution in [0.4, 0.5) is 27.6 Å². The summed E-state index contributed by atoms with van der Waals surface area (Å²) >= 11 is 7.44. The molecule has 0 radical (unpaired) electrons. The third-order valence-corrected chi connectivity index (χ3v) is 9.55. The molecule has 15 heteroatoms. The molecule has 1 aliphatic heterocycles. The summed E-state index contributed by atoms with van der Waals surface area (Å²) in [5.74, 6) is -8.25. The van der Waals surface area contributed by atoms with Crippen molar-refractivity contribution in [2.45, 2.75) is 63.9 Å². The Labute approximate surface area is 244 Å². The van der Waals surface area contributed by atoms with E-state index in [4.69, 9.17) is 11.6 Å². The number of piperidine rings is 1. The highest BCUT2D eigenvalue weighted by atomic mass is 35.5. The van der Waals surface area contributed by atoms with Crippen LogP contribution in [0.5, 0.6) is 0 Å². The second-order valence-corrected chi connectivity index (χ2v) is 12.9. The molecule has 3 aliphatic rings. The molecule has 4 heterocycles. The van der Waals surface area contributed by atoms with Gasteiger partial charge in [0.05, 0.1) is 34.1 Å². The number of aryl methyl sites for hydroxylation is 1. The van der Waals surface area contributed by atoms with E-state index in [1.807, 2.05) is 0 Å². The van der Waals surface area contributed by atoms with Crippen LogP contribution >= 0.6 is 22.9 Å². The highest BCUT2D eigenvalue weighted by Gasteiger charge is 2.88. The van der Waals surface area contributed by atoms with Gasteiger partial charge in [-0.2, -0.15) is 13.2 Å². The molecule has 3 aromatic rings. The van der Waals surface area contributed by atoms with E-state index in [2.05, 4.69) is 20.0 Å². The van der Waals surface area contributed by atoms with Crippen molar-refractivity contribution in [2.24, 2.45) is 11.3 Å². The summed E-state index contributed by atoms with van der Waals surface area (Å²) in [7, 11) is 0. The molecule has 6 rings (SSSR count). The number of pyridine rings is 2. The van der Waals surface area contributed by atoms with Crippen LogP contribution in [0, 0.1) is 18.3 Å². The van der Waals surface area contributed by atoms with E-state index >= 15 is 0 Å². The number of imide groups is 1. The Hall–Kier alpha value is -3.39. The number of alkyl halides is 5. The largest absolute Gasteiger partial charge is 0.490 e. The van der Waals surface area contributed by atoms with Crippen LogP contribution in [0.1, 0.15) is 37.1 Å². The number of hydrogen-bond donors (Lipinski definition) is 1. The SMILES string of the molecule is Cc1cc(Cl)nc(-c2ccnc3cc(CN4C(=O)C5C(C)(C)C5(OC(=O)C(F)(F)F)C4=O)sc23)c1NC1CC(F)(F)C1. The van der Waals surface area contributed by atoms with E-state index in [0.717, 1.165) is 4.90 Å². The van der Waals surface area contributed by atoms with Gasteiger partial charge in [-0.15, -0.1) is 11.3 Å². The van der Waals surface area contributed by atoms with E-state index in [1.54, 1.807) is 25.1 Å². The summed E-state index contributed by atoms with van der Waals surface area (Å²) in [6.45, 7) is 4.30. The first kappa shape index (κ1) is 28.7. The summed E-state index contributed by atoms with van der Waals surface area (Å²) in [5, 5.41) is 3.33. The number of nitrogens with one attached hydrogen (secondary N) is 1. The van der Waals surface area contributed by atoms with Crippen molar-refractivity contribution >= 4 is 56.6 Å². The first-order chi connectivity index (χ1) is 19.5. The minimum Gasteiger partial charge on any atom is -0.441 e.